The van der Waals surface area contributed by atoms with Crippen molar-refractivity contribution in [2.45, 2.75) is 32.4 Å². The first kappa shape index (κ1) is 13.3. The van der Waals surface area contributed by atoms with Gasteiger partial charge in [-0.3, -0.25) is 0 Å². The number of hydrogen-bond acceptors (Lipinski definition) is 2. The molecule has 1 aliphatic heterocycles. The molecule has 100 valence electrons. The average Bonchev–Trinajstić information content (AvgIpc) is 2.40. The van der Waals surface area contributed by atoms with Crippen LogP contribution in [0.4, 0.5) is 4.39 Å². The normalized spacial score (nSPS) is 18.6. The molecule has 0 amide bonds. The lowest BCUT2D eigenvalue weighted by molar-refractivity contribution is 0.186. The van der Waals surface area contributed by atoms with Crippen LogP contribution in [0, 0.1) is 12.8 Å². The fraction of sp³-hybridized carbons (Fsp3) is 0.600. The van der Waals surface area contributed by atoms with E-state index < -0.39 is 6.17 Å². The van der Waals surface area contributed by atoms with E-state index in [0.29, 0.717) is 6.42 Å². The van der Waals surface area contributed by atoms with Crippen LogP contribution in [0.25, 0.3) is 0 Å². The molecular formula is C15H22FNO. The second-order valence-electron chi connectivity index (χ2n) is 5.12. The van der Waals surface area contributed by atoms with E-state index in [9.17, 15) is 4.39 Å². The fourth-order valence-electron chi connectivity index (χ4n) is 2.65. The molecule has 2 rings (SSSR count). The second kappa shape index (κ2) is 6.19. The summed E-state index contributed by atoms with van der Waals surface area (Å²) in [6.45, 7) is 3.91. The van der Waals surface area contributed by atoms with Gasteiger partial charge < -0.3 is 10.1 Å². The molecule has 1 heterocycles. The van der Waals surface area contributed by atoms with Gasteiger partial charge in [0, 0.05) is 6.42 Å². The Kier molecular flexibility index (Phi) is 4.59. The van der Waals surface area contributed by atoms with E-state index in [1.54, 1.807) is 7.11 Å². The lowest BCUT2D eigenvalue weighted by atomic mass is 9.89. The summed E-state index contributed by atoms with van der Waals surface area (Å²) in [5, 5.41) is 3.27. The summed E-state index contributed by atoms with van der Waals surface area (Å²) in [5.41, 5.74) is 2.15. The maximum absolute atomic E-state index is 14.3. The van der Waals surface area contributed by atoms with Crippen LogP contribution in [0.3, 0.4) is 0 Å². The predicted molar refractivity (Wildman–Crippen MR) is 71.9 cm³/mol. The van der Waals surface area contributed by atoms with Crippen molar-refractivity contribution in [3.05, 3.63) is 29.3 Å². The van der Waals surface area contributed by atoms with Gasteiger partial charge in [0.2, 0.25) is 0 Å². The first-order valence-electron chi connectivity index (χ1n) is 6.69. The fourth-order valence-corrected chi connectivity index (χ4v) is 2.65. The highest BCUT2D eigenvalue weighted by atomic mass is 19.1. The smallest absolute Gasteiger partial charge is 0.122 e. The van der Waals surface area contributed by atoms with Crippen LogP contribution in [0.2, 0.25) is 0 Å². The van der Waals surface area contributed by atoms with Crippen molar-refractivity contribution >= 4 is 0 Å². The molecule has 1 aromatic rings. The summed E-state index contributed by atoms with van der Waals surface area (Å²) in [4.78, 5) is 0. The van der Waals surface area contributed by atoms with E-state index in [4.69, 9.17) is 4.74 Å². The van der Waals surface area contributed by atoms with Crippen molar-refractivity contribution in [2.75, 3.05) is 20.2 Å². The van der Waals surface area contributed by atoms with Gasteiger partial charge in [0.05, 0.1) is 7.11 Å². The third kappa shape index (κ3) is 3.22. The Morgan fingerprint density at radius 2 is 2.11 bits per heavy atom. The Hall–Kier alpha value is -1.09. The molecule has 0 radical (unpaired) electrons. The summed E-state index contributed by atoms with van der Waals surface area (Å²) in [7, 11) is 1.64. The number of nitrogens with one attached hydrogen (secondary N) is 1. The molecule has 1 aliphatic rings. The van der Waals surface area contributed by atoms with Crippen molar-refractivity contribution in [3.8, 4) is 5.75 Å². The number of aryl methyl sites for hydroxylation is 1. The zero-order valence-corrected chi connectivity index (χ0v) is 11.2. The Morgan fingerprint density at radius 1 is 1.39 bits per heavy atom. The molecule has 0 spiro atoms. The molecular weight excluding hydrogens is 229 g/mol. The Labute approximate surface area is 109 Å². The zero-order chi connectivity index (χ0) is 13.0. The number of hydrogen-bond donors (Lipinski definition) is 1. The monoisotopic (exact) mass is 251 g/mol. The molecule has 1 unspecified atom stereocenters. The molecule has 0 bridgehead atoms. The highest BCUT2D eigenvalue weighted by Crippen LogP contribution is 2.27. The molecule has 1 fully saturated rings. The standard InChI is InChI=1S/C15H22FNO/c1-11-3-4-15(18-2)13(9-11)10-14(16)12-5-7-17-8-6-12/h3-4,9,12,14,17H,5-8,10H2,1-2H3. The molecule has 1 atom stereocenters. The first-order chi connectivity index (χ1) is 8.70. The molecule has 0 aliphatic carbocycles. The van der Waals surface area contributed by atoms with Gasteiger partial charge in [-0.15, -0.1) is 0 Å². The molecule has 2 nitrogen and oxygen atoms in total. The Balaban J connectivity index is 2.05. The minimum atomic E-state index is -0.761. The van der Waals surface area contributed by atoms with Crippen molar-refractivity contribution in [2.24, 2.45) is 5.92 Å². The van der Waals surface area contributed by atoms with Crippen molar-refractivity contribution in [3.63, 3.8) is 0 Å². The maximum atomic E-state index is 14.3. The van der Waals surface area contributed by atoms with Crippen LogP contribution in [0.5, 0.6) is 5.75 Å². The molecule has 0 aromatic heterocycles. The van der Waals surface area contributed by atoms with E-state index in [-0.39, 0.29) is 5.92 Å². The summed E-state index contributed by atoms with van der Waals surface area (Å²) in [5.74, 6) is 0.994. The number of benzene rings is 1. The lowest BCUT2D eigenvalue weighted by Crippen LogP contribution is -2.33. The van der Waals surface area contributed by atoms with Gasteiger partial charge in [-0.1, -0.05) is 17.7 Å². The molecule has 1 saturated heterocycles. The number of halogens is 1. The summed E-state index contributed by atoms with van der Waals surface area (Å²) < 4.78 is 19.6. The minimum Gasteiger partial charge on any atom is -0.496 e. The van der Waals surface area contributed by atoms with Crippen molar-refractivity contribution in [1.82, 2.24) is 5.32 Å². The van der Waals surface area contributed by atoms with Crippen LogP contribution in [-0.4, -0.2) is 26.4 Å². The number of methoxy groups -OCH3 is 1. The van der Waals surface area contributed by atoms with Gasteiger partial charge in [0.1, 0.15) is 11.9 Å². The number of piperidine rings is 1. The van der Waals surface area contributed by atoms with Crippen LogP contribution in [0.15, 0.2) is 18.2 Å². The van der Waals surface area contributed by atoms with Crippen LogP contribution >= 0.6 is 0 Å². The maximum Gasteiger partial charge on any atom is 0.122 e. The molecule has 1 aromatic carbocycles. The van der Waals surface area contributed by atoms with E-state index in [1.807, 2.05) is 25.1 Å². The largest absolute Gasteiger partial charge is 0.496 e. The number of rotatable bonds is 4. The Morgan fingerprint density at radius 3 is 2.78 bits per heavy atom. The van der Waals surface area contributed by atoms with Gasteiger partial charge in [-0.05, 0) is 50.4 Å². The quantitative estimate of drug-likeness (QED) is 0.888. The second-order valence-corrected chi connectivity index (χ2v) is 5.12. The third-order valence-corrected chi connectivity index (χ3v) is 3.75. The van der Waals surface area contributed by atoms with E-state index >= 15 is 0 Å². The summed E-state index contributed by atoms with van der Waals surface area (Å²) >= 11 is 0. The van der Waals surface area contributed by atoms with Gasteiger partial charge in [-0.2, -0.15) is 0 Å². The first-order valence-corrected chi connectivity index (χ1v) is 6.69. The van der Waals surface area contributed by atoms with E-state index in [0.717, 1.165) is 42.8 Å². The Bertz CT molecular complexity index is 388. The van der Waals surface area contributed by atoms with Crippen LogP contribution in [-0.2, 0) is 6.42 Å². The molecule has 3 heteroatoms. The average molecular weight is 251 g/mol. The highest BCUT2D eigenvalue weighted by molar-refractivity contribution is 5.37. The van der Waals surface area contributed by atoms with E-state index in [1.165, 1.54) is 0 Å². The van der Waals surface area contributed by atoms with Gasteiger partial charge >= 0.3 is 0 Å². The molecule has 0 saturated carbocycles. The van der Waals surface area contributed by atoms with Crippen LogP contribution in [0.1, 0.15) is 24.0 Å². The van der Waals surface area contributed by atoms with Crippen molar-refractivity contribution < 1.29 is 9.13 Å². The topological polar surface area (TPSA) is 21.3 Å². The van der Waals surface area contributed by atoms with Gasteiger partial charge in [0.25, 0.3) is 0 Å². The van der Waals surface area contributed by atoms with E-state index in [2.05, 4.69) is 5.32 Å². The van der Waals surface area contributed by atoms with Gasteiger partial charge in [-0.25, -0.2) is 4.39 Å². The zero-order valence-electron chi connectivity index (χ0n) is 11.2. The lowest BCUT2D eigenvalue weighted by Gasteiger charge is -2.26. The number of ether oxygens (including phenoxy) is 1. The van der Waals surface area contributed by atoms with Crippen molar-refractivity contribution in [1.29, 1.82) is 0 Å². The summed E-state index contributed by atoms with van der Waals surface area (Å²) in [6, 6.07) is 5.96. The highest BCUT2D eigenvalue weighted by Gasteiger charge is 2.24. The number of alkyl halides is 1. The predicted octanol–water partition coefficient (Wildman–Crippen LogP) is 2.88. The van der Waals surface area contributed by atoms with Gasteiger partial charge in [0.15, 0.2) is 0 Å². The third-order valence-electron chi connectivity index (χ3n) is 3.75. The minimum absolute atomic E-state index is 0.191. The molecule has 18 heavy (non-hydrogen) atoms. The summed E-state index contributed by atoms with van der Waals surface area (Å²) in [6.07, 6.45) is 1.59. The SMILES string of the molecule is COc1ccc(C)cc1CC(F)C1CCNCC1. The molecule has 1 N–H and O–H groups in total. The van der Waals surface area contributed by atoms with Crippen LogP contribution < -0.4 is 10.1 Å².